The third-order valence-corrected chi connectivity index (χ3v) is 6.82. The van der Waals surface area contributed by atoms with Gasteiger partial charge in [-0.3, -0.25) is 4.79 Å². The second kappa shape index (κ2) is 13.7. The van der Waals surface area contributed by atoms with Crippen molar-refractivity contribution in [2.45, 2.75) is 45.8 Å². The van der Waals surface area contributed by atoms with Gasteiger partial charge in [0.2, 0.25) is 11.8 Å². The number of anilines is 2. The van der Waals surface area contributed by atoms with Gasteiger partial charge in [0.05, 0.1) is 14.2 Å². The molecule has 2 amide bonds. The van der Waals surface area contributed by atoms with Crippen LogP contribution in [0.5, 0.6) is 17.4 Å². The predicted molar refractivity (Wildman–Crippen MR) is 162 cm³/mol. The van der Waals surface area contributed by atoms with E-state index in [1.807, 2.05) is 23.1 Å². The van der Waals surface area contributed by atoms with E-state index in [9.17, 15) is 9.59 Å². The monoisotopic (exact) mass is 641 g/mol. The van der Waals surface area contributed by atoms with E-state index in [1.54, 1.807) is 47.1 Å². The molecule has 1 aromatic heterocycles. The lowest BCUT2D eigenvalue weighted by molar-refractivity contribution is 0.0527. The first-order valence-corrected chi connectivity index (χ1v) is 14.4. The van der Waals surface area contributed by atoms with Crippen LogP contribution in [0.15, 0.2) is 47.1 Å². The number of nitrogens with one attached hydrogen (secondary N) is 2. The molecule has 0 atom stereocenters. The van der Waals surface area contributed by atoms with Crippen LogP contribution >= 0.6 is 15.9 Å². The van der Waals surface area contributed by atoms with E-state index in [0.717, 1.165) is 22.1 Å². The molecule has 0 aliphatic carbocycles. The molecule has 42 heavy (non-hydrogen) atoms. The Hall–Kier alpha value is -4.06. The van der Waals surface area contributed by atoms with E-state index in [1.165, 1.54) is 11.8 Å². The summed E-state index contributed by atoms with van der Waals surface area (Å²) in [5, 5.41) is 5.54. The van der Waals surface area contributed by atoms with Crippen molar-refractivity contribution >= 4 is 39.6 Å². The van der Waals surface area contributed by atoms with Gasteiger partial charge in [0, 0.05) is 41.6 Å². The van der Waals surface area contributed by atoms with Crippen LogP contribution < -0.4 is 29.7 Å². The number of amides is 2. The van der Waals surface area contributed by atoms with Crippen molar-refractivity contribution in [1.29, 1.82) is 0 Å². The van der Waals surface area contributed by atoms with Crippen molar-refractivity contribution in [2.75, 3.05) is 38.8 Å². The van der Waals surface area contributed by atoms with Gasteiger partial charge in [-0.2, -0.15) is 4.98 Å². The lowest BCUT2D eigenvalue weighted by atomic mass is 10.2. The molecule has 11 nitrogen and oxygen atoms in total. The van der Waals surface area contributed by atoms with Crippen LogP contribution in [0.25, 0.3) is 0 Å². The average molecular weight is 643 g/mol. The molecule has 3 aromatic rings. The summed E-state index contributed by atoms with van der Waals surface area (Å²) in [6.45, 7) is 6.83. The molecule has 2 aromatic carbocycles. The summed E-state index contributed by atoms with van der Waals surface area (Å²) in [6.07, 6.45) is 2.32. The van der Waals surface area contributed by atoms with E-state index in [2.05, 4.69) is 42.6 Å². The zero-order valence-corrected chi connectivity index (χ0v) is 26.0. The molecule has 0 fully saturated rings. The van der Waals surface area contributed by atoms with Crippen molar-refractivity contribution in [3.63, 3.8) is 0 Å². The Kier molecular flexibility index (Phi) is 10.1. The van der Waals surface area contributed by atoms with Crippen LogP contribution in [-0.4, -0.2) is 61.4 Å². The van der Waals surface area contributed by atoms with Crippen LogP contribution in [0.4, 0.5) is 16.4 Å². The number of fused-ring (bicyclic) bond motifs is 1. The smallest absolute Gasteiger partial charge is 0.407 e. The normalized spacial score (nSPS) is 12.4. The Morgan fingerprint density at radius 2 is 1.83 bits per heavy atom. The number of aromatic nitrogens is 2. The lowest BCUT2D eigenvalue weighted by Crippen LogP contribution is -2.34. The fourth-order valence-electron chi connectivity index (χ4n) is 4.36. The second-order valence-corrected chi connectivity index (χ2v) is 11.5. The number of hydrogen-bond acceptors (Lipinski definition) is 9. The Morgan fingerprint density at radius 3 is 2.57 bits per heavy atom. The number of nitrogens with zero attached hydrogens (tertiary/aromatic N) is 3. The third kappa shape index (κ3) is 8.03. The molecule has 0 saturated heterocycles. The predicted octanol–water partition coefficient (Wildman–Crippen LogP) is 5.17. The molecular weight excluding hydrogens is 606 g/mol. The lowest BCUT2D eigenvalue weighted by Gasteiger charge is -2.20. The van der Waals surface area contributed by atoms with E-state index < -0.39 is 17.6 Å². The highest BCUT2D eigenvalue weighted by atomic mass is 79.9. The first kappa shape index (κ1) is 30.9. The highest BCUT2D eigenvalue weighted by molar-refractivity contribution is 9.10. The van der Waals surface area contributed by atoms with Crippen LogP contribution in [0.2, 0.25) is 0 Å². The van der Waals surface area contributed by atoms with Gasteiger partial charge in [-0.1, -0.05) is 15.9 Å². The quantitative estimate of drug-likeness (QED) is 0.273. The maximum Gasteiger partial charge on any atom is 0.407 e. The number of rotatable bonds is 11. The van der Waals surface area contributed by atoms with Gasteiger partial charge in [0.1, 0.15) is 29.3 Å². The Labute approximate surface area is 254 Å². The van der Waals surface area contributed by atoms with E-state index in [4.69, 9.17) is 18.9 Å². The van der Waals surface area contributed by atoms with E-state index in [-0.39, 0.29) is 18.1 Å². The van der Waals surface area contributed by atoms with E-state index in [0.29, 0.717) is 43.5 Å². The second-order valence-electron chi connectivity index (χ2n) is 10.6. The standard InChI is InChI=1S/C30H36BrN5O6/c1-30(2,3)42-29(38)33-13-6-12-32-26(37)23-17-34-28(36-14-11-19-15-21(31)7-9-24(19)36)35-27(23)41-18-20-16-22(39-4)8-10-25(20)40-5/h7-10,15-17H,6,11-14,18H2,1-5H3,(H,32,37)(H,33,38). The van der Waals surface area contributed by atoms with Gasteiger partial charge in [-0.25, -0.2) is 9.78 Å². The van der Waals surface area contributed by atoms with Crippen LogP contribution in [0.3, 0.4) is 0 Å². The van der Waals surface area contributed by atoms with Crippen molar-refractivity contribution < 1.29 is 28.5 Å². The summed E-state index contributed by atoms with van der Waals surface area (Å²) in [5.41, 5.74) is 2.53. The molecule has 0 saturated carbocycles. The summed E-state index contributed by atoms with van der Waals surface area (Å²) in [4.78, 5) is 36.3. The zero-order valence-electron chi connectivity index (χ0n) is 24.5. The van der Waals surface area contributed by atoms with Gasteiger partial charge < -0.3 is 34.5 Å². The minimum absolute atomic E-state index is 0.0838. The summed E-state index contributed by atoms with van der Waals surface area (Å²) < 4.78 is 23.2. The van der Waals surface area contributed by atoms with Crippen LogP contribution in [0, 0.1) is 0 Å². The first-order valence-electron chi connectivity index (χ1n) is 13.6. The molecule has 1 aliphatic rings. The Bertz CT molecular complexity index is 1430. The number of methoxy groups -OCH3 is 2. The zero-order chi connectivity index (χ0) is 30.3. The SMILES string of the molecule is COc1ccc(OC)c(COc2nc(N3CCc4cc(Br)ccc43)ncc2C(=O)NCCCNC(=O)OC(C)(C)C)c1. The molecule has 0 radical (unpaired) electrons. The maximum atomic E-state index is 13.2. The van der Waals surface area contributed by atoms with Crippen molar-refractivity contribution in [1.82, 2.24) is 20.6 Å². The molecule has 0 bridgehead atoms. The van der Waals surface area contributed by atoms with Crippen molar-refractivity contribution in [2.24, 2.45) is 0 Å². The molecule has 12 heteroatoms. The van der Waals surface area contributed by atoms with Gasteiger partial charge in [-0.15, -0.1) is 0 Å². The fraction of sp³-hybridized carbons (Fsp3) is 0.400. The molecule has 224 valence electrons. The number of carbonyl (C=O) groups excluding carboxylic acids is 2. The van der Waals surface area contributed by atoms with Gasteiger partial charge in [0.15, 0.2) is 0 Å². The minimum Gasteiger partial charge on any atom is -0.497 e. The first-order chi connectivity index (χ1) is 20.1. The number of halogens is 1. The average Bonchev–Trinajstić information content (AvgIpc) is 3.37. The summed E-state index contributed by atoms with van der Waals surface area (Å²) in [6, 6.07) is 11.5. The molecule has 0 unspecified atom stereocenters. The number of benzene rings is 2. The molecule has 4 rings (SSSR count). The largest absolute Gasteiger partial charge is 0.497 e. The molecule has 2 N–H and O–H groups in total. The van der Waals surface area contributed by atoms with Crippen LogP contribution in [-0.2, 0) is 17.8 Å². The Balaban J connectivity index is 1.50. The number of alkyl carbamates (subject to hydrolysis) is 1. The summed E-state index contributed by atoms with van der Waals surface area (Å²) in [7, 11) is 3.16. The summed E-state index contributed by atoms with van der Waals surface area (Å²) >= 11 is 3.53. The summed E-state index contributed by atoms with van der Waals surface area (Å²) in [5.74, 6) is 1.45. The minimum atomic E-state index is -0.580. The third-order valence-electron chi connectivity index (χ3n) is 6.32. The maximum absolute atomic E-state index is 13.2. The molecule has 0 spiro atoms. The topological polar surface area (TPSA) is 124 Å². The van der Waals surface area contributed by atoms with Crippen molar-refractivity contribution in [3.8, 4) is 17.4 Å². The Morgan fingerprint density at radius 1 is 1.05 bits per heavy atom. The van der Waals surface area contributed by atoms with Crippen LogP contribution in [0.1, 0.15) is 48.7 Å². The molecular formula is C30H36BrN5O6. The number of carbonyl (C=O) groups is 2. The number of hydrogen-bond donors (Lipinski definition) is 2. The number of ether oxygens (including phenoxy) is 4. The van der Waals surface area contributed by atoms with Gasteiger partial charge >= 0.3 is 6.09 Å². The van der Waals surface area contributed by atoms with Gasteiger partial charge in [-0.05, 0) is 75.6 Å². The van der Waals surface area contributed by atoms with E-state index >= 15 is 0 Å². The van der Waals surface area contributed by atoms with Gasteiger partial charge in [0.25, 0.3) is 5.91 Å². The molecule has 1 aliphatic heterocycles. The fourth-order valence-corrected chi connectivity index (χ4v) is 4.77. The highest BCUT2D eigenvalue weighted by Crippen LogP contribution is 2.35. The highest BCUT2D eigenvalue weighted by Gasteiger charge is 2.25. The van der Waals surface area contributed by atoms with Crippen molar-refractivity contribution in [3.05, 3.63) is 63.8 Å². The molecule has 2 heterocycles.